The van der Waals surface area contributed by atoms with E-state index in [0.29, 0.717) is 37.9 Å². The minimum absolute atomic E-state index is 0.117. The number of anilines is 1. The molecule has 0 radical (unpaired) electrons. The van der Waals surface area contributed by atoms with Crippen molar-refractivity contribution in [2.24, 2.45) is 5.73 Å². The summed E-state index contributed by atoms with van der Waals surface area (Å²) in [4.78, 5) is 25.5. The largest absolute Gasteiger partial charge is 0.370 e. The highest BCUT2D eigenvalue weighted by atomic mass is 16.2. The van der Waals surface area contributed by atoms with E-state index in [9.17, 15) is 9.59 Å². The maximum atomic E-state index is 13.0. The van der Waals surface area contributed by atoms with Crippen LogP contribution in [0.3, 0.4) is 0 Å². The molecule has 0 unspecified atom stereocenters. The Bertz CT molecular complexity index is 1070. The van der Waals surface area contributed by atoms with Gasteiger partial charge in [0, 0.05) is 18.7 Å². The zero-order valence-electron chi connectivity index (χ0n) is 17.9. The van der Waals surface area contributed by atoms with Crippen molar-refractivity contribution in [2.45, 2.75) is 31.7 Å². The fraction of sp³-hybridized carbons (Fsp3) is 0.240. The maximum Gasteiger partial charge on any atom is 0.246 e. The van der Waals surface area contributed by atoms with Gasteiger partial charge in [0.1, 0.15) is 6.04 Å². The van der Waals surface area contributed by atoms with E-state index in [4.69, 9.17) is 11.1 Å². The van der Waals surface area contributed by atoms with Crippen LogP contribution in [0.15, 0.2) is 72.8 Å². The Labute approximate surface area is 187 Å². The Hall–Kier alpha value is -3.87. The van der Waals surface area contributed by atoms with Gasteiger partial charge in [-0.15, -0.1) is 0 Å². The van der Waals surface area contributed by atoms with Gasteiger partial charge in [0.25, 0.3) is 0 Å². The second-order valence-electron chi connectivity index (χ2n) is 7.64. The molecule has 32 heavy (non-hydrogen) atoms. The summed E-state index contributed by atoms with van der Waals surface area (Å²) >= 11 is 0. The lowest BCUT2D eigenvalue weighted by molar-refractivity contribution is -0.126. The zero-order chi connectivity index (χ0) is 22.8. The molecule has 3 aromatic carbocycles. The number of benzene rings is 3. The lowest BCUT2D eigenvalue weighted by Gasteiger charge is -2.19. The van der Waals surface area contributed by atoms with Crippen LogP contribution < -0.4 is 21.7 Å². The molecule has 0 bridgehead atoms. The summed E-state index contributed by atoms with van der Waals surface area (Å²) < 4.78 is 0. The first-order chi connectivity index (χ1) is 15.5. The number of hydrogen-bond donors (Lipinski definition) is 5. The van der Waals surface area contributed by atoms with E-state index in [-0.39, 0.29) is 17.8 Å². The molecule has 0 fully saturated rings. The Kier molecular flexibility index (Phi) is 8.20. The first-order valence-corrected chi connectivity index (χ1v) is 10.7. The second kappa shape index (κ2) is 11.5. The highest BCUT2D eigenvalue weighted by Crippen LogP contribution is 2.19. The van der Waals surface area contributed by atoms with E-state index in [1.165, 1.54) is 0 Å². The second-order valence-corrected chi connectivity index (χ2v) is 7.64. The van der Waals surface area contributed by atoms with E-state index < -0.39 is 6.04 Å². The Balaban J connectivity index is 1.62. The van der Waals surface area contributed by atoms with Crippen LogP contribution in [0, 0.1) is 5.41 Å². The van der Waals surface area contributed by atoms with Gasteiger partial charge in [0.05, 0.1) is 0 Å². The smallest absolute Gasteiger partial charge is 0.246 e. The van der Waals surface area contributed by atoms with Crippen molar-refractivity contribution < 1.29 is 9.59 Å². The van der Waals surface area contributed by atoms with Crippen LogP contribution in [-0.2, 0) is 16.0 Å². The Morgan fingerprint density at radius 3 is 2.41 bits per heavy atom. The molecular weight excluding hydrogens is 402 g/mol. The summed E-state index contributed by atoms with van der Waals surface area (Å²) in [5, 5.41) is 17.9. The molecule has 3 rings (SSSR count). The molecule has 166 valence electrons. The fourth-order valence-corrected chi connectivity index (χ4v) is 3.46. The topological polar surface area (TPSA) is 120 Å². The lowest BCUT2D eigenvalue weighted by atomic mass is 10.1. The molecule has 1 atom stereocenters. The highest BCUT2D eigenvalue weighted by molar-refractivity contribution is 5.99. The molecule has 7 nitrogen and oxygen atoms in total. The number of aryl methyl sites for hydroxylation is 1. The highest BCUT2D eigenvalue weighted by Gasteiger charge is 2.20. The summed E-state index contributed by atoms with van der Waals surface area (Å²) in [6, 6.07) is 22.7. The maximum absolute atomic E-state index is 13.0. The number of fused-ring (bicyclic) bond motifs is 1. The molecule has 0 spiro atoms. The predicted molar refractivity (Wildman–Crippen MR) is 128 cm³/mol. The van der Waals surface area contributed by atoms with Crippen LogP contribution in [0.2, 0.25) is 0 Å². The van der Waals surface area contributed by atoms with Crippen LogP contribution in [-0.4, -0.2) is 30.4 Å². The third-order valence-corrected chi connectivity index (χ3v) is 5.14. The van der Waals surface area contributed by atoms with Crippen molar-refractivity contribution in [1.82, 2.24) is 10.6 Å². The van der Waals surface area contributed by atoms with Gasteiger partial charge in [-0.3, -0.25) is 15.0 Å². The number of rotatable bonds is 10. The normalized spacial score (nSPS) is 11.5. The molecule has 2 amide bonds. The molecule has 3 aromatic rings. The van der Waals surface area contributed by atoms with E-state index in [2.05, 4.69) is 16.0 Å². The quantitative estimate of drug-likeness (QED) is 0.192. The molecule has 0 aliphatic heterocycles. The summed E-state index contributed by atoms with van der Waals surface area (Å²) in [5.74, 6) is -0.558. The molecule has 0 saturated carbocycles. The summed E-state index contributed by atoms with van der Waals surface area (Å²) in [6.07, 6.45) is 1.91. The number of carbonyl (C=O) groups excluding carboxylic acids is 2. The minimum atomic E-state index is -0.682. The summed E-state index contributed by atoms with van der Waals surface area (Å²) in [6.45, 7) is 0.453. The predicted octanol–water partition coefficient (Wildman–Crippen LogP) is 3.16. The van der Waals surface area contributed by atoms with Gasteiger partial charge in [0.15, 0.2) is 5.96 Å². The van der Waals surface area contributed by atoms with E-state index in [1.807, 2.05) is 72.8 Å². The van der Waals surface area contributed by atoms with Gasteiger partial charge in [-0.25, -0.2) is 0 Å². The molecular formula is C25H29N5O2. The van der Waals surface area contributed by atoms with Gasteiger partial charge in [0.2, 0.25) is 11.8 Å². The van der Waals surface area contributed by atoms with Crippen molar-refractivity contribution in [3.05, 3.63) is 78.4 Å². The fourth-order valence-electron chi connectivity index (χ4n) is 3.46. The molecule has 0 saturated heterocycles. The van der Waals surface area contributed by atoms with Gasteiger partial charge >= 0.3 is 0 Å². The van der Waals surface area contributed by atoms with Gasteiger partial charge in [-0.05, 0) is 47.7 Å². The number of guanidine groups is 1. The minimum Gasteiger partial charge on any atom is -0.370 e. The first-order valence-electron chi connectivity index (χ1n) is 10.7. The number of nitrogens with two attached hydrogens (primary N) is 1. The molecule has 0 aliphatic rings. The zero-order valence-corrected chi connectivity index (χ0v) is 17.9. The van der Waals surface area contributed by atoms with Crippen LogP contribution in [0.5, 0.6) is 0 Å². The molecule has 7 heteroatoms. The average molecular weight is 432 g/mol. The van der Waals surface area contributed by atoms with Gasteiger partial charge < -0.3 is 21.7 Å². The standard InChI is InChI=1S/C25H29N5O2/c26-25(27)28-16-6-11-22(30-23(31)15-12-18-7-2-1-3-8-18)24(32)29-21-14-13-19-9-4-5-10-20(19)17-21/h1-5,7-10,13-14,17,22H,6,11-12,15-16H2,(H,29,32)(H,30,31)(H4,26,27,28)/t22-/m0/s1. The van der Waals surface area contributed by atoms with Crippen molar-refractivity contribution in [2.75, 3.05) is 11.9 Å². The van der Waals surface area contributed by atoms with E-state index >= 15 is 0 Å². The molecule has 0 aliphatic carbocycles. The van der Waals surface area contributed by atoms with Gasteiger partial charge in [-0.2, -0.15) is 0 Å². The van der Waals surface area contributed by atoms with E-state index in [0.717, 1.165) is 16.3 Å². The molecule has 0 aromatic heterocycles. The van der Waals surface area contributed by atoms with Crippen LogP contribution in [0.1, 0.15) is 24.8 Å². The van der Waals surface area contributed by atoms with Crippen LogP contribution >= 0.6 is 0 Å². The van der Waals surface area contributed by atoms with Crippen LogP contribution in [0.4, 0.5) is 5.69 Å². The number of carbonyl (C=O) groups is 2. The summed E-state index contributed by atoms with van der Waals surface area (Å²) in [7, 11) is 0. The summed E-state index contributed by atoms with van der Waals surface area (Å²) in [5.41, 5.74) is 7.07. The van der Waals surface area contributed by atoms with Crippen molar-refractivity contribution >= 4 is 34.2 Å². The Morgan fingerprint density at radius 1 is 0.938 bits per heavy atom. The average Bonchev–Trinajstić information content (AvgIpc) is 2.80. The Morgan fingerprint density at radius 2 is 1.66 bits per heavy atom. The van der Waals surface area contributed by atoms with Gasteiger partial charge in [-0.1, -0.05) is 60.7 Å². The monoisotopic (exact) mass is 431 g/mol. The third kappa shape index (κ3) is 7.12. The van der Waals surface area contributed by atoms with Crippen LogP contribution in [0.25, 0.3) is 10.8 Å². The first kappa shape index (κ1) is 22.8. The van der Waals surface area contributed by atoms with Crippen molar-refractivity contribution in [3.63, 3.8) is 0 Å². The molecule has 0 heterocycles. The van der Waals surface area contributed by atoms with Crippen molar-refractivity contribution in [3.8, 4) is 0 Å². The number of hydrogen-bond acceptors (Lipinski definition) is 3. The molecule has 6 N–H and O–H groups in total. The van der Waals surface area contributed by atoms with Crippen molar-refractivity contribution in [1.29, 1.82) is 5.41 Å². The number of nitrogens with one attached hydrogen (secondary N) is 4. The lowest BCUT2D eigenvalue weighted by Crippen LogP contribution is -2.44. The third-order valence-electron chi connectivity index (χ3n) is 5.14. The SMILES string of the molecule is N=C(N)NCCC[C@H](NC(=O)CCc1ccccc1)C(=O)Nc1ccc2ccccc2c1. The number of amides is 2. The van der Waals surface area contributed by atoms with E-state index in [1.54, 1.807) is 0 Å².